The van der Waals surface area contributed by atoms with Gasteiger partial charge in [-0.3, -0.25) is 19.2 Å². The third-order valence-electron chi connectivity index (χ3n) is 6.91. The van der Waals surface area contributed by atoms with Crippen LogP contribution in [0.4, 0.5) is 5.69 Å². The number of rotatable bonds is 7. The first-order chi connectivity index (χ1) is 19.7. The Morgan fingerprint density at radius 1 is 0.927 bits per heavy atom. The molecular formula is C32H22BrN3O4S. The summed E-state index contributed by atoms with van der Waals surface area (Å²) >= 11 is 4.48. The zero-order valence-corrected chi connectivity index (χ0v) is 24.5. The molecule has 1 heterocycles. The molecule has 5 rings (SSSR count). The predicted molar refractivity (Wildman–Crippen MR) is 160 cm³/mol. The van der Waals surface area contributed by atoms with Crippen molar-refractivity contribution in [3.05, 3.63) is 121 Å². The molecule has 1 aromatic heterocycles. The number of pyridine rings is 1. The molecule has 0 fully saturated rings. The second-order valence-electron chi connectivity index (χ2n) is 9.50. The number of thioether (sulfide) groups is 1. The normalized spacial score (nSPS) is 11.9. The number of anilines is 1. The third-order valence-corrected chi connectivity index (χ3v) is 8.42. The minimum Gasteiger partial charge on any atom is -0.325 e. The van der Waals surface area contributed by atoms with Gasteiger partial charge in [0, 0.05) is 50.1 Å². The minimum absolute atomic E-state index is 0.0372. The van der Waals surface area contributed by atoms with Crippen LogP contribution in [0.5, 0.6) is 0 Å². The number of nitrogens with zero attached hydrogens (tertiary/aromatic N) is 2. The summed E-state index contributed by atoms with van der Waals surface area (Å²) in [7, 11) is 0. The number of halogens is 1. The van der Waals surface area contributed by atoms with Crippen molar-refractivity contribution in [3.8, 4) is 6.07 Å². The minimum atomic E-state index is -0.361. The first kappa shape index (κ1) is 28.1. The van der Waals surface area contributed by atoms with E-state index in [4.69, 9.17) is 0 Å². The van der Waals surface area contributed by atoms with Gasteiger partial charge in [-0.1, -0.05) is 64.1 Å². The molecule has 3 aromatic carbocycles. The van der Waals surface area contributed by atoms with Gasteiger partial charge in [0.15, 0.2) is 17.3 Å². The van der Waals surface area contributed by atoms with Crippen LogP contribution in [0, 0.1) is 25.2 Å². The Morgan fingerprint density at radius 3 is 2.22 bits per heavy atom. The fraction of sp³-hybridized carbons (Fsp3) is 0.125. The van der Waals surface area contributed by atoms with Crippen molar-refractivity contribution in [1.82, 2.24) is 4.98 Å². The molecule has 1 aliphatic rings. The van der Waals surface area contributed by atoms with Crippen molar-refractivity contribution in [2.24, 2.45) is 0 Å². The lowest BCUT2D eigenvalue weighted by Crippen LogP contribution is -2.21. The number of amides is 1. The second kappa shape index (κ2) is 11.6. The standard InChI is InChI=1S/C32H22BrN3O4S/c1-17-25(14-28(37)19-7-9-20(33)10-8-19)18(2)35-32(27(17)15-34)41-16-29(38)36-21-11-12-24-26(13-21)31(40)23-6-4-3-5-22(23)30(24)39/h3-13H,14,16H2,1-2H3,(H,36,38). The molecule has 7 nitrogen and oxygen atoms in total. The van der Waals surface area contributed by atoms with Crippen LogP contribution in [-0.4, -0.2) is 34.0 Å². The van der Waals surface area contributed by atoms with Gasteiger partial charge in [-0.2, -0.15) is 5.26 Å². The molecule has 9 heteroatoms. The van der Waals surface area contributed by atoms with Crippen LogP contribution in [-0.2, 0) is 11.2 Å². The number of ketones is 3. The van der Waals surface area contributed by atoms with E-state index in [1.165, 1.54) is 6.07 Å². The molecule has 1 aliphatic carbocycles. The summed E-state index contributed by atoms with van der Waals surface area (Å²) in [6, 6.07) is 20.6. The fourth-order valence-corrected chi connectivity index (χ4v) is 5.91. The van der Waals surface area contributed by atoms with Gasteiger partial charge in [-0.25, -0.2) is 4.98 Å². The van der Waals surface area contributed by atoms with Crippen molar-refractivity contribution < 1.29 is 19.2 Å². The average molecular weight is 625 g/mol. The van der Waals surface area contributed by atoms with E-state index in [1.807, 2.05) is 0 Å². The lowest BCUT2D eigenvalue weighted by molar-refractivity contribution is -0.113. The fourth-order valence-electron chi connectivity index (χ4n) is 4.76. The molecule has 0 saturated carbocycles. The topological polar surface area (TPSA) is 117 Å². The number of carbonyl (C=O) groups excluding carboxylic acids is 4. The molecule has 0 aliphatic heterocycles. The Bertz CT molecular complexity index is 1810. The maximum absolute atomic E-state index is 13.0. The highest BCUT2D eigenvalue weighted by molar-refractivity contribution is 9.10. The number of carbonyl (C=O) groups is 4. The molecule has 0 atom stereocenters. The number of benzene rings is 3. The van der Waals surface area contributed by atoms with Gasteiger partial charge >= 0.3 is 0 Å². The van der Waals surface area contributed by atoms with E-state index in [-0.39, 0.29) is 41.0 Å². The monoisotopic (exact) mass is 623 g/mol. The van der Waals surface area contributed by atoms with E-state index in [0.29, 0.717) is 55.4 Å². The molecule has 0 bridgehead atoms. The number of aromatic nitrogens is 1. The lowest BCUT2D eigenvalue weighted by atomic mass is 9.84. The zero-order valence-electron chi connectivity index (χ0n) is 22.1. The number of nitrogens with one attached hydrogen (secondary N) is 1. The lowest BCUT2D eigenvalue weighted by Gasteiger charge is -2.18. The molecule has 0 spiro atoms. The Kier molecular flexibility index (Phi) is 7.97. The summed E-state index contributed by atoms with van der Waals surface area (Å²) in [5.74, 6) is -0.979. The highest BCUT2D eigenvalue weighted by Gasteiger charge is 2.29. The highest BCUT2D eigenvalue weighted by Crippen LogP contribution is 2.30. The molecule has 4 aromatic rings. The van der Waals surface area contributed by atoms with Crippen LogP contribution in [0.3, 0.4) is 0 Å². The maximum Gasteiger partial charge on any atom is 0.234 e. The second-order valence-corrected chi connectivity index (χ2v) is 11.4. The van der Waals surface area contributed by atoms with Crippen molar-refractivity contribution in [2.75, 3.05) is 11.1 Å². The van der Waals surface area contributed by atoms with Gasteiger partial charge in [-0.15, -0.1) is 0 Å². The Balaban J connectivity index is 1.29. The van der Waals surface area contributed by atoms with E-state index in [9.17, 15) is 24.4 Å². The molecule has 0 radical (unpaired) electrons. The van der Waals surface area contributed by atoms with Gasteiger partial charge < -0.3 is 5.32 Å². The van der Waals surface area contributed by atoms with Crippen molar-refractivity contribution in [2.45, 2.75) is 25.3 Å². The van der Waals surface area contributed by atoms with Gasteiger partial charge in [0.1, 0.15) is 11.1 Å². The SMILES string of the molecule is Cc1nc(SCC(=O)Nc2ccc3c(c2)C(=O)c2ccccc2C3=O)c(C#N)c(C)c1CC(=O)c1ccc(Br)cc1. The molecule has 1 amide bonds. The highest BCUT2D eigenvalue weighted by atomic mass is 79.9. The average Bonchev–Trinajstić information content (AvgIpc) is 2.97. The van der Waals surface area contributed by atoms with Crippen LogP contribution in [0.2, 0.25) is 0 Å². The van der Waals surface area contributed by atoms with E-state index >= 15 is 0 Å². The number of fused-ring (bicyclic) bond motifs is 2. The quantitative estimate of drug-likeness (QED) is 0.168. The van der Waals surface area contributed by atoms with Crippen LogP contribution in [0.15, 0.2) is 76.2 Å². The first-order valence-electron chi connectivity index (χ1n) is 12.6. The van der Waals surface area contributed by atoms with Crippen molar-refractivity contribution >= 4 is 56.6 Å². The molecule has 202 valence electrons. The number of nitriles is 1. The smallest absolute Gasteiger partial charge is 0.234 e. The molecule has 41 heavy (non-hydrogen) atoms. The van der Waals surface area contributed by atoms with E-state index in [0.717, 1.165) is 16.2 Å². The van der Waals surface area contributed by atoms with Gasteiger partial charge in [0.25, 0.3) is 0 Å². The largest absolute Gasteiger partial charge is 0.325 e. The van der Waals surface area contributed by atoms with Crippen LogP contribution < -0.4 is 5.32 Å². The van der Waals surface area contributed by atoms with E-state index in [1.54, 1.807) is 74.5 Å². The number of Topliss-reactive ketones (excluding diaryl/α,β-unsaturated/α-hetero) is 1. The van der Waals surface area contributed by atoms with Crippen LogP contribution in [0.25, 0.3) is 0 Å². The Morgan fingerprint density at radius 2 is 1.56 bits per heavy atom. The van der Waals surface area contributed by atoms with Crippen molar-refractivity contribution in [1.29, 1.82) is 5.26 Å². The van der Waals surface area contributed by atoms with E-state index < -0.39 is 0 Å². The summed E-state index contributed by atoms with van der Waals surface area (Å²) < 4.78 is 0.876. The third kappa shape index (κ3) is 5.62. The predicted octanol–water partition coefficient (Wildman–Crippen LogP) is 6.26. The van der Waals surface area contributed by atoms with Crippen LogP contribution >= 0.6 is 27.7 Å². The number of aryl methyl sites for hydroxylation is 1. The molecule has 0 unspecified atom stereocenters. The van der Waals surface area contributed by atoms with Gasteiger partial charge in [0.05, 0.1) is 11.3 Å². The number of hydrogen-bond acceptors (Lipinski definition) is 7. The summed E-state index contributed by atoms with van der Waals surface area (Å²) in [6.07, 6.45) is 0.108. The maximum atomic E-state index is 13.0. The molecule has 1 N–H and O–H groups in total. The van der Waals surface area contributed by atoms with Gasteiger partial charge in [-0.05, 0) is 55.3 Å². The molecular weight excluding hydrogens is 602 g/mol. The summed E-state index contributed by atoms with van der Waals surface area (Å²) in [6.45, 7) is 3.57. The first-order valence-corrected chi connectivity index (χ1v) is 14.4. The zero-order chi connectivity index (χ0) is 29.3. The number of hydrogen-bond donors (Lipinski definition) is 1. The van der Waals surface area contributed by atoms with Gasteiger partial charge in [0.2, 0.25) is 5.91 Å². The Hall–Kier alpha value is -4.39. The summed E-state index contributed by atoms with van der Waals surface area (Å²) in [4.78, 5) is 56.1. The Labute approximate surface area is 249 Å². The summed E-state index contributed by atoms with van der Waals surface area (Å²) in [5, 5.41) is 13.0. The van der Waals surface area contributed by atoms with E-state index in [2.05, 4.69) is 32.3 Å². The van der Waals surface area contributed by atoms with Crippen molar-refractivity contribution in [3.63, 3.8) is 0 Å². The van der Waals surface area contributed by atoms with Crippen LogP contribution in [0.1, 0.15) is 64.6 Å². The summed E-state index contributed by atoms with van der Waals surface area (Å²) in [5.41, 5.74) is 4.50. The molecule has 0 saturated heterocycles.